The molecule has 2 aromatic rings. The molecule has 0 saturated heterocycles. The Kier molecular flexibility index (Phi) is 4.71. The maximum atomic E-state index is 12.7. The summed E-state index contributed by atoms with van der Waals surface area (Å²) in [4.78, 5) is 0.132. The molecule has 0 unspecified atom stereocenters. The normalized spacial score (nSPS) is 11.0. The average molecular weight is 430 g/mol. The number of hydrogen-bond acceptors (Lipinski definition) is 3. The van der Waals surface area contributed by atoms with Crippen LogP contribution in [0.5, 0.6) is 0 Å². The molecule has 0 heterocycles. The third-order valence-corrected chi connectivity index (χ3v) is 6.15. The van der Waals surface area contributed by atoms with Crippen LogP contribution in [0.15, 0.2) is 56.3 Å². The first-order valence-electron chi connectivity index (χ1n) is 5.81. The summed E-state index contributed by atoms with van der Waals surface area (Å²) in [6, 6.07) is 13.5. The Morgan fingerprint density at radius 2 is 1.81 bits per heavy atom. The lowest BCUT2D eigenvalue weighted by Gasteiger charge is -2.21. The van der Waals surface area contributed by atoms with Gasteiger partial charge in [-0.05, 0) is 46.3 Å². The van der Waals surface area contributed by atoms with Gasteiger partial charge in [0.15, 0.2) is 0 Å². The van der Waals surface area contributed by atoms with E-state index in [4.69, 9.17) is 5.26 Å². The second-order valence-electron chi connectivity index (χ2n) is 4.18. The van der Waals surface area contributed by atoms with Gasteiger partial charge in [0.1, 0.15) is 11.0 Å². The molecule has 0 aliphatic rings. The van der Waals surface area contributed by atoms with Crippen LogP contribution in [0.25, 0.3) is 0 Å². The van der Waals surface area contributed by atoms with Gasteiger partial charge < -0.3 is 0 Å². The number of para-hydroxylation sites is 1. The van der Waals surface area contributed by atoms with E-state index < -0.39 is 10.0 Å². The lowest BCUT2D eigenvalue weighted by atomic mass is 10.2. The fraction of sp³-hybridized carbons (Fsp3) is 0.0714. The molecule has 108 valence electrons. The summed E-state index contributed by atoms with van der Waals surface area (Å²) in [5.41, 5.74) is 0.640. The van der Waals surface area contributed by atoms with E-state index in [9.17, 15) is 8.42 Å². The molecular formula is C14H10Br2N2O2S. The summed E-state index contributed by atoms with van der Waals surface area (Å²) in [7, 11) is -2.34. The average Bonchev–Trinajstić information content (AvgIpc) is 2.48. The lowest BCUT2D eigenvalue weighted by Crippen LogP contribution is -2.27. The Morgan fingerprint density at radius 1 is 1.14 bits per heavy atom. The second kappa shape index (κ2) is 6.18. The van der Waals surface area contributed by atoms with Crippen molar-refractivity contribution in [3.8, 4) is 6.07 Å². The van der Waals surface area contributed by atoms with Crippen LogP contribution in [-0.2, 0) is 10.0 Å². The number of rotatable bonds is 3. The highest BCUT2D eigenvalue weighted by Gasteiger charge is 2.25. The molecule has 0 aliphatic heterocycles. The van der Waals surface area contributed by atoms with Crippen molar-refractivity contribution in [2.45, 2.75) is 4.90 Å². The molecule has 0 N–H and O–H groups in total. The number of anilines is 1. The molecule has 0 amide bonds. The molecule has 2 aromatic carbocycles. The monoisotopic (exact) mass is 428 g/mol. The minimum absolute atomic E-state index is 0.132. The highest BCUT2D eigenvalue weighted by molar-refractivity contribution is 9.11. The zero-order valence-corrected chi connectivity index (χ0v) is 14.9. The minimum Gasteiger partial charge on any atom is -0.268 e. The highest BCUT2D eigenvalue weighted by atomic mass is 79.9. The molecule has 2 rings (SSSR count). The molecule has 0 atom stereocenters. The molecule has 0 radical (unpaired) electrons. The zero-order chi connectivity index (χ0) is 15.6. The van der Waals surface area contributed by atoms with E-state index in [-0.39, 0.29) is 4.90 Å². The topological polar surface area (TPSA) is 61.2 Å². The van der Waals surface area contributed by atoms with E-state index in [0.717, 1.165) is 4.31 Å². The maximum absolute atomic E-state index is 12.7. The summed E-state index contributed by atoms with van der Waals surface area (Å²) in [5, 5.41) is 9.11. The van der Waals surface area contributed by atoms with E-state index in [2.05, 4.69) is 31.9 Å². The number of sulfonamides is 1. The first-order chi connectivity index (χ1) is 9.87. The fourth-order valence-electron chi connectivity index (χ4n) is 1.79. The summed E-state index contributed by atoms with van der Waals surface area (Å²) in [5.74, 6) is 0. The van der Waals surface area contributed by atoms with Crippen LogP contribution in [-0.4, -0.2) is 15.5 Å². The molecule has 4 nitrogen and oxygen atoms in total. The van der Waals surface area contributed by atoms with Crippen LogP contribution >= 0.6 is 31.9 Å². The third-order valence-electron chi connectivity index (χ3n) is 2.90. The van der Waals surface area contributed by atoms with Crippen molar-refractivity contribution in [2.75, 3.05) is 11.4 Å². The lowest BCUT2D eigenvalue weighted by molar-refractivity contribution is 0.594. The van der Waals surface area contributed by atoms with Gasteiger partial charge in [0, 0.05) is 16.0 Å². The van der Waals surface area contributed by atoms with Crippen molar-refractivity contribution in [1.82, 2.24) is 0 Å². The Labute approximate surface area is 140 Å². The number of nitriles is 1. The van der Waals surface area contributed by atoms with Gasteiger partial charge in [0.05, 0.1) is 11.3 Å². The van der Waals surface area contributed by atoms with Crippen molar-refractivity contribution >= 4 is 47.6 Å². The van der Waals surface area contributed by atoms with E-state index in [1.165, 1.54) is 13.1 Å². The molecule has 0 bridgehead atoms. The van der Waals surface area contributed by atoms with E-state index in [1.807, 2.05) is 6.07 Å². The van der Waals surface area contributed by atoms with Gasteiger partial charge in [-0.2, -0.15) is 5.26 Å². The molecule has 7 heteroatoms. The van der Waals surface area contributed by atoms with Crippen LogP contribution in [0.2, 0.25) is 0 Å². The largest absolute Gasteiger partial charge is 0.268 e. The molecule has 0 spiro atoms. The Hall–Kier alpha value is -1.36. The quantitative estimate of drug-likeness (QED) is 0.742. The molecule has 21 heavy (non-hydrogen) atoms. The summed E-state index contributed by atoms with van der Waals surface area (Å²) in [6.45, 7) is 0. The standard InChI is InChI=1S/C14H10Br2N2O2S/c1-18(13-5-3-2-4-10(13)9-17)21(19,20)14-8-11(15)6-7-12(14)16/h2-8H,1H3. The first-order valence-corrected chi connectivity index (χ1v) is 8.83. The number of hydrogen-bond donors (Lipinski definition) is 0. The predicted octanol–water partition coefficient (Wildman–Crippen LogP) is 3.91. The molecule has 0 aliphatic carbocycles. The van der Waals surface area contributed by atoms with Gasteiger partial charge in [-0.3, -0.25) is 4.31 Å². The maximum Gasteiger partial charge on any atom is 0.265 e. The van der Waals surface area contributed by atoms with Crippen molar-refractivity contribution in [3.63, 3.8) is 0 Å². The summed E-state index contributed by atoms with van der Waals surface area (Å²) in [6.07, 6.45) is 0. The smallest absolute Gasteiger partial charge is 0.265 e. The molecule has 0 fully saturated rings. The molecular weight excluding hydrogens is 420 g/mol. The first kappa shape index (κ1) is 16.0. The predicted molar refractivity (Wildman–Crippen MR) is 88.6 cm³/mol. The Balaban J connectivity index is 2.59. The van der Waals surface area contributed by atoms with Crippen molar-refractivity contribution < 1.29 is 8.42 Å². The SMILES string of the molecule is CN(c1ccccc1C#N)S(=O)(=O)c1cc(Br)ccc1Br. The molecule has 0 aromatic heterocycles. The second-order valence-corrected chi connectivity index (χ2v) is 7.88. The van der Waals surface area contributed by atoms with Gasteiger partial charge in [0.2, 0.25) is 0 Å². The van der Waals surface area contributed by atoms with E-state index in [1.54, 1.807) is 36.4 Å². The highest BCUT2D eigenvalue weighted by Crippen LogP contribution is 2.31. The Bertz CT molecular complexity index is 829. The van der Waals surface area contributed by atoms with E-state index in [0.29, 0.717) is 20.2 Å². The van der Waals surface area contributed by atoms with Gasteiger partial charge in [-0.25, -0.2) is 8.42 Å². The minimum atomic E-state index is -3.77. The van der Waals surface area contributed by atoms with Crippen LogP contribution < -0.4 is 4.31 Å². The van der Waals surface area contributed by atoms with Crippen molar-refractivity contribution in [2.24, 2.45) is 0 Å². The zero-order valence-electron chi connectivity index (χ0n) is 10.9. The van der Waals surface area contributed by atoms with Crippen molar-refractivity contribution in [3.05, 3.63) is 57.0 Å². The van der Waals surface area contributed by atoms with Crippen LogP contribution in [0.3, 0.4) is 0 Å². The number of benzene rings is 2. The Morgan fingerprint density at radius 3 is 2.48 bits per heavy atom. The van der Waals surface area contributed by atoms with Gasteiger partial charge in [0.25, 0.3) is 10.0 Å². The third kappa shape index (κ3) is 3.12. The summed E-state index contributed by atoms with van der Waals surface area (Å²) >= 11 is 6.52. The van der Waals surface area contributed by atoms with Crippen LogP contribution in [0.4, 0.5) is 5.69 Å². The van der Waals surface area contributed by atoms with E-state index >= 15 is 0 Å². The molecule has 0 saturated carbocycles. The number of halogens is 2. The van der Waals surface area contributed by atoms with Crippen molar-refractivity contribution in [1.29, 1.82) is 5.26 Å². The number of nitrogens with zero attached hydrogens (tertiary/aromatic N) is 2. The van der Waals surface area contributed by atoms with Gasteiger partial charge in [-0.15, -0.1) is 0 Å². The fourth-order valence-corrected chi connectivity index (χ4v) is 4.47. The van der Waals surface area contributed by atoms with Crippen LogP contribution in [0.1, 0.15) is 5.56 Å². The summed E-state index contributed by atoms with van der Waals surface area (Å²) < 4.78 is 27.7. The van der Waals surface area contributed by atoms with Gasteiger partial charge >= 0.3 is 0 Å². The van der Waals surface area contributed by atoms with Crippen LogP contribution in [0, 0.1) is 11.3 Å². The van der Waals surface area contributed by atoms with Gasteiger partial charge in [-0.1, -0.05) is 28.1 Å².